The van der Waals surface area contributed by atoms with Crippen molar-refractivity contribution in [3.05, 3.63) is 29.3 Å². The molecule has 1 amide bonds. The van der Waals surface area contributed by atoms with Gasteiger partial charge in [-0.3, -0.25) is 4.79 Å². The zero-order valence-electron chi connectivity index (χ0n) is 11.3. The SMILES string of the molecule is CCc1ccc(OC)c(CCNC(=O)C(C)N)c1. The first-order chi connectivity index (χ1) is 8.58. The summed E-state index contributed by atoms with van der Waals surface area (Å²) in [6, 6.07) is 5.69. The number of carbonyl (C=O) groups is 1. The number of hydrogen-bond donors (Lipinski definition) is 2. The van der Waals surface area contributed by atoms with Gasteiger partial charge >= 0.3 is 0 Å². The van der Waals surface area contributed by atoms with Crippen molar-refractivity contribution < 1.29 is 9.53 Å². The standard InChI is InChI=1S/C14H22N2O2/c1-4-11-5-6-13(18-3)12(9-11)7-8-16-14(17)10(2)15/h5-6,9-10H,4,7-8,15H2,1-3H3,(H,16,17). The van der Waals surface area contributed by atoms with E-state index in [1.54, 1.807) is 14.0 Å². The predicted octanol–water partition coefficient (Wildman–Crippen LogP) is 1.26. The molecule has 4 nitrogen and oxygen atoms in total. The minimum atomic E-state index is -0.464. The van der Waals surface area contributed by atoms with Gasteiger partial charge in [-0.25, -0.2) is 0 Å². The van der Waals surface area contributed by atoms with Crippen LogP contribution >= 0.6 is 0 Å². The second-order valence-corrected chi connectivity index (χ2v) is 4.33. The molecule has 1 atom stereocenters. The Morgan fingerprint density at radius 1 is 1.50 bits per heavy atom. The van der Waals surface area contributed by atoms with Gasteiger partial charge < -0.3 is 15.8 Å². The summed E-state index contributed by atoms with van der Waals surface area (Å²) in [4.78, 5) is 11.3. The van der Waals surface area contributed by atoms with Gasteiger partial charge in [-0.15, -0.1) is 0 Å². The van der Waals surface area contributed by atoms with Gasteiger partial charge in [0.05, 0.1) is 13.2 Å². The average molecular weight is 250 g/mol. The van der Waals surface area contributed by atoms with E-state index in [0.717, 1.165) is 24.2 Å². The molecule has 0 saturated heterocycles. The summed E-state index contributed by atoms with van der Waals surface area (Å²) in [5, 5.41) is 2.80. The lowest BCUT2D eigenvalue weighted by Gasteiger charge is -2.11. The third kappa shape index (κ3) is 4.04. The summed E-state index contributed by atoms with van der Waals surface area (Å²) in [5.74, 6) is 0.739. The summed E-state index contributed by atoms with van der Waals surface area (Å²) < 4.78 is 5.31. The zero-order chi connectivity index (χ0) is 13.5. The summed E-state index contributed by atoms with van der Waals surface area (Å²) >= 11 is 0. The minimum absolute atomic E-state index is 0.124. The molecule has 18 heavy (non-hydrogen) atoms. The topological polar surface area (TPSA) is 64.3 Å². The smallest absolute Gasteiger partial charge is 0.236 e. The van der Waals surface area contributed by atoms with Crippen LogP contribution in [0.2, 0.25) is 0 Å². The molecule has 1 rings (SSSR count). The molecule has 1 aromatic rings. The van der Waals surface area contributed by atoms with Gasteiger partial charge in [0, 0.05) is 6.54 Å². The maximum atomic E-state index is 11.3. The summed E-state index contributed by atoms with van der Waals surface area (Å²) in [7, 11) is 1.66. The number of amides is 1. The van der Waals surface area contributed by atoms with Crippen LogP contribution in [0.3, 0.4) is 0 Å². The van der Waals surface area contributed by atoms with E-state index in [1.165, 1.54) is 5.56 Å². The number of benzene rings is 1. The van der Waals surface area contributed by atoms with E-state index in [9.17, 15) is 4.79 Å². The van der Waals surface area contributed by atoms with Crippen LogP contribution in [-0.4, -0.2) is 25.6 Å². The largest absolute Gasteiger partial charge is 0.496 e. The van der Waals surface area contributed by atoms with Crippen molar-refractivity contribution in [3.8, 4) is 5.75 Å². The number of nitrogens with two attached hydrogens (primary N) is 1. The van der Waals surface area contributed by atoms with Crippen LogP contribution in [0.5, 0.6) is 5.75 Å². The highest BCUT2D eigenvalue weighted by Gasteiger charge is 2.08. The van der Waals surface area contributed by atoms with Crippen LogP contribution in [-0.2, 0) is 17.6 Å². The Balaban J connectivity index is 2.62. The molecule has 0 aliphatic carbocycles. The van der Waals surface area contributed by atoms with Crippen molar-refractivity contribution in [2.45, 2.75) is 32.7 Å². The second kappa shape index (κ2) is 7.01. The van der Waals surface area contributed by atoms with E-state index in [-0.39, 0.29) is 5.91 Å². The first kappa shape index (κ1) is 14.5. The van der Waals surface area contributed by atoms with Crippen LogP contribution in [0.15, 0.2) is 18.2 Å². The number of ether oxygens (including phenoxy) is 1. The zero-order valence-corrected chi connectivity index (χ0v) is 11.3. The highest BCUT2D eigenvalue weighted by atomic mass is 16.5. The maximum absolute atomic E-state index is 11.3. The first-order valence-corrected chi connectivity index (χ1v) is 6.27. The third-order valence-corrected chi connectivity index (χ3v) is 2.86. The number of methoxy groups -OCH3 is 1. The molecule has 1 aromatic carbocycles. The fourth-order valence-electron chi connectivity index (χ4n) is 1.73. The molecule has 0 aliphatic heterocycles. The molecule has 0 aromatic heterocycles. The van der Waals surface area contributed by atoms with E-state index in [0.29, 0.717) is 6.54 Å². The Labute approximate surface area is 109 Å². The van der Waals surface area contributed by atoms with Crippen molar-refractivity contribution >= 4 is 5.91 Å². The number of hydrogen-bond acceptors (Lipinski definition) is 3. The number of carbonyl (C=O) groups excluding carboxylic acids is 1. The normalized spacial score (nSPS) is 12.0. The van der Waals surface area contributed by atoms with Gasteiger partial charge in [-0.2, -0.15) is 0 Å². The monoisotopic (exact) mass is 250 g/mol. The van der Waals surface area contributed by atoms with Crippen molar-refractivity contribution in [3.63, 3.8) is 0 Å². The molecular formula is C14H22N2O2. The number of aryl methyl sites for hydroxylation is 1. The van der Waals surface area contributed by atoms with E-state index in [1.807, 2.05) is 6.07 Å². The quantitative estimate of drug-likeness (QED) is 0.799. The lowest BCUT2D eigenvalue weighted by molar-refractivity contribution is -0.121. The minimum Gasteiger partial charge on any atom is -0.496 e. The van der Waals surface area contributed by atoms with Gasteiger partial charge in [-0.1, -0.05) is 19.1 Å². The van der Waals surface area contributed by atoms with Crippen LogP contribution in [0, 0.1) is 0 Å². The van der Waals surface area contributed by atoms with Gasteiger partial charge in [0.2, 0.25) is 5.91 Å². The molecule has 0 spiro atoms. The highest BCUT2D eigenvalue weighted by Crippen LogP contribution is 2.20. The van der Waals surface area contributed by atoms with E-state index in [2.05, 4.69) is 24.4 Å². The Hall–Kier alpha value is -1.55. The lowest BCUT2D eigenvalue weighted by Crippen LogP contribution is -2.39. The van der Waals surface area contributed by atoms with Crippen molar-refractivity contribution in [1.82, 2.24) is 5.32 Å². The second-order valence-electron chi connectivity index (χ2n) is 4.33. The van der Waals surface area contributed by atoms with Crippen molar-refractivity contribution in [2.75, 3.05) is 13.7 Å². The third-order valence-electron chi connectivity index (χ3n) is 2.86. The Morgan fingerprint density at radius 2 is 2.22 bits per heavy atom. The molecule has 100 valence electrons. The van der Waals surface area contributed by atoms with Crippen LogP contribution < -0.4 is 15.8 Å². The van der Waals surface area contributed by atoms with Crippen LogP contribution in [0.25, 0.3) is 0 Å². The number of rotatable bonds is 6. The fourth-order valence-corrected chi connectivity index (χ4v) is 1.73. The first-order valence-electron chi connectivity index (χ1n) is 6.27. The van der Waals surface area contributed by atoms with Crippen LogP contribution in [0.4, 0.5) is 0 Å². The molecule has 0 saturated carbocycles. The van der Waals surface area contributed by atoms with Gasteiger partial charge in [0.15, 0.2) is 0 Å². The maximum Gasteiger partial charge on any atom is 0.236 e. The Kier molecular flexibility index (Phi) is 5.65. The lowest BCUT2D eigenvalue weighted by atomic mass is 10.1. The average Bonchev–Trinajstić information content (AvgIpc) is 2.38. The Morgan fingerprint density at radius 3 is 2.78 bits per heavy atom. The van der Waals surface area contributed by atoms with E-state index in [4.69, 9.17) is 10.5 Å². The molecule has 3 N–H and O–H groups in total. The summed E-state index contributed by atoms with van der Waals surface area (Å²) in [6.07, 6.45) is 1.73. The predicted molar refractivity (Wildman–Crippen MR) is 72.7 cm³/mol. The molecule has 0 aliphatic rings. The fraction of sp³-hybridized carbons (Fsp3) is 0.500. The molecular weight excluding hydrogens is 228 g/mol. The molecule has 1 unspecified atom stereocenters. The molecule has 0 fully saturated rings. The van der Waals surface area contributed by atoms with Gasteiger partial charge in [0.25, 0.3) is 0 Å². The Bertz CT molecular complexity index is 403. The van der Waals surface area contributed by atoms with E-state index >= 15 is 0 Å². The molecule has 0 radical (unpaired) electrons. The molecule has 4 heteroatoms. The van der Waals surface area contributed by atoms with Crippen LogP contribution in [0.1, 0.15) is 25.0 Å². The van der Waals surface area contributed by atoms with Gasteiger partial charge in [0.1, 0.15) is 5.75 Å². The van der Waals surface area contributed by atoms with Crippen molar-refractivity contribution in [2.24, 2.45) is 5.73 Å². The van der Waals surface area contributed by atoms with E-state index < -0.39 is 6.04 Å². The highest BCUT2D eigenvalue weighted by molar-refractivity contribution is 5.80. The molecule has 0 heterocycles. The van der Waals surface area contributed by atoms with Gasteiger partial charge in [-0.05, 0) is 37.0 Å². The summed E-state index contributed by atoms with van der Waals surface area (Å²) in [5.41, 5.74) is 7.86. The van der Waals surface area contributed by atoms with Crippen molar-refractivity contribution in [1.29, 1.82) is 0 Å². The summed E-state index contributed by atoms with van der Waals surface area (Å²) in [6.45, 7) is 4.36. The molecule has 0 bridgehead atoms. The number of nitrogens with one attached hydrogen (secondary N) is 1.